The Morgan fingerprint density at radius 2 is 2.05 bits per heavy atom. The molecule has 2 aliphatic rings. The SMILES string of the molecule is Brc1cc(OCC2COCCO2)cc2c1OCCO2. The largest absolute Gasteiger partial charge is 0.491 e. The van der Waals surface area contributed by atoms with Crippen molar-refractivity contribution in [1.82, 2.24) is 0 Å². The van der Waals surface area contributed by atoms with Crippen LogP contribution in [0.2, 0.25) is 0 Å². The van der Waals surface area contributed by atoms with Crippen LogP contribution in [-0.2, 0) is 9.47 Å². The van der Waals surface area contributed by atoms with Crippen LogP contribution in [0.1, 0.15) is 0 Å². The Morgan fingerprint density at radius 3 is 2.89 bits per heavy atom. The monoisotopic (exact) mass is 330 g/mol. The lowest BCUT2D eigenvalue weighted by Crippen LogP contribution is -2.33. The fraction of sp³-hybridized carbons (Fsp3) is 0.538. The molecule has 2 heterocycles. The molecule has 0 radical (unpaired) electrons. The van der Waals surface area contributed by atoms with E-state index in [1.165, 1.54) is 0 Å². The Balaban J connectivity index is 1.65. The van der Waals surface area contributed by atoms with Crippen molar-refractivity contribution >= 4 is 15.9 Å². The van der Waals surface area contributed by atoms with Crippen LogP contribution < -0.4 is 14.2 Å². The summed E-state index contributed by atoms with van der Waals surface area (Å²) in [6.45, 7) is 3.45. The van der Waals surface area contributed by atoms with Gasteiger partial charge in [0.25, 0.3) is 0 Å². The number of hydrogen-bond donors (Lipinski definition) is 0. The second-order valence-electron chi connectivity index (χ2n) is 4.31. The first-order valence-corrected chi connectivity index (χ1v) is 7.03. The van der Waals surface area contributed by atoms with Crippen LogP contribution in [0.15, 0.2) is 16.6 Å². The zero-order valence-corrected chi connectivity index (χ0v) is 12.0. The molecule has 104 valence electrons. The smallest absolute Gasteiger partial charge is 0.175 e. The van der Waals surface area contributed by atoms with Gasteiger partial charge in [0.2, 0.25) is 0 Å². The standard InChI is InChI=1S/C13H15BrO5/c14-11-5-9(6-12-13(11)18-4-3-17-12)19-8-10-7-15-1-2-16-10/h5-6,10H,1-4,7-8H2. The van der Waals surface area contributed by atoms with Crippen molar-refractivity contribution in [3.8, 4) is 17.2 Å². The third-order valence-electron chi connectivity index (χ3n) is 2.89. The second kappa shape index (κ2) is 5.98. The van der Waals surface area contributed by atoms with Crippen LogP contribution in [-0.4, -0.2) is 45.7 Å². The van der Waals surface area contributed by atoms with Crippen molar-refractivity contribution in [3.05, 3.63) is 16.6 Å². The molecule has 0 spiro atoms. The molecule has 1 atom stereocenters. The molecule has 1 unspecified atom stereocenters. The van der Waals surface area contributed by atoms with E-state index in [-0.39, 0.29) is 6.10 Å². The number of benzene rings is 1. The van der Waals surface area contributed by atoms with Gasteiger partial charge in [0.1, 0.15) is 31.7 Å². The molecular weight excluding hydrogens is 316 g/mol. The van der Waals surface area contributed by atoms with Gasteiger partial charge in [-0.05, 0) is 22.0 Å². The number of halogens is 1. The van der Waals surface area contributed by atoms with Gasteiger partial charge in [0.15, 0.2) is 11.5 Å². The quantitative estimate of drug-likeness (QED) is 0.848. The number of hydrogen-bond acceptors (Lipinski definition) is 5. The summed E-state index contributed by atoms with van der Waals surface area (Å²) in [6, 6.07) is 3.71. The summed E-state index contributed by atoms with van der Waals surface area (Å²) in [6.07, 6.45) is -0.0132. The Morgan fingerprint density at radius 1 is 1.16 bits per heavy atom. The minimum absolute atomic E-state index is 0.0132. The lowest BCUT2D eigenvalue weighted by atomic mass is 10.3. The van der Waals surface area contributed by atoms with E-state index in [0.29, 0.717) is 45.4 Å². The molecule has 0 saturated carbocycles. The molecule has 0 aliphatic carbocycles. The molecule has 0 aromatic heterocycles. The molecule has 2 aliphatic heterocycles. The Labute approximate surface area is 119 Å². The number of ether oxygens (including phenoxy) is 5. The van der Waals surface area contributed by atoms with Crippen molar-refractivity contribution < 1.29 is 23.7 Å². The van der Waals surface area contributed by atoms with Gasteiger partial charge in [-0.1, -0.05) is 0 Å². The molecule has 3 rings (SSSR count). The molecule has 5 nitrogen and oxygen atoms in total. The summed E-state index contributed by atoms with van der Waals surface area (Å²) in [4.78, 5) is 0. The minimum Gasteiger partial charge on any atom is -0.491 e. The van der Waals surface area contributed by atoms with Gasteiger partial charge < -0.3 is 23.7 Å². The topological polar surface area (TPSA) is 46.2 Å². The van der Waals surface area contributed by atoms with Gasteiger partial charge in [-0.3, -0.25) is 0 Å². The molecule has 1 fully saturated rings. The van der Waals surface area contributed by atoms with Crippen LogP contribution in [0.25, 0.3) is 0 Å². The maximum absolute atomic E-state index is 5.72. The Kier molecular flexibility index (Phi) is 4.10. The van der Waals surface area contributed by atoms with E-state index < -0.39 is 0 Å². The fourth-order valence-corrected chi connectivity index (χ4v) is 2.53. The van der Waals surface area contributed by atoms with Crippen molar-refractivity contribution in [3.63, 3.8) is 0 Å². The highest BCUT2D eigenvalue weighted by Gasteiger charge is 2.19. The van der Waals surface area contributed by atoms with Gasteiger partial charge in [0.05, 0.1) is 24.3 Å². The van der Waals surface area contributed by atoms with E-state index in [9.17, 15) is 0 Å². The van der Waals surface area contributed by atoms with Crippen LogP contribution in [0.4, 0.5) is 0 Å². The van der Waals surface area contributed by atoms with Crippen molar-refractivity contribution in [1.29, 1.82) is 0 Å². The maximum atomic E-state index is 5.72. The number of fused-ring (bicyclic) bond motifs is 1. The minimum atomic E-state index is -0.0132. The lowest BCUT2D eigenvalue weighted by Gasteiger charge is -2.24. The van der Waals surface area contributed by atoms with E-state index in [1.807, 2.05) is 12.1 Å². The average molecular weight is 331 g/mol. The summed E-state index contributed by atoms with van der Waals surface area (Å²) >= 11 is 3.46. The maximum Gasteiger partial charge on any atom is 0.175 e. The lowest BCUT2D eigenvalue weighted by molar-refractivity contribution is -0.101. The summed E-state index contributed by atoms with van der Waals surface area (Å²) < 4.78 is 28.5. The summed E-state index contributed by atoms with van der Waals surface area (Å²) in [5, 5.41) is 0. The third-order valence-corrected chi connectivity index (χ3v) is 3.48. The van der Waals surface area contributed by atoms with E-state index in [1.54, 1.807) is 0 Å². The predicted octanol–water partition coefficient (Wildman–Crippen LogP) is 2.01. The van der Waals surface area contributed by atoms with E-state index in [4.69, 9.17) is 23.7 Å². The summed E-state index contributed by atoms with van der Waals surface area (Å²) in [7, 11) is 0. The Bertz CT molecular complexity index is 445. The first kappa shape index (κ1) is 13.0. The highest BCUT2D eigenvalue weighted by Crippen LogP contribution is 2.40. The van der Waals surface area contributed by atoms with Crippen LogP contribution in [0, 0.1) is 0 Å². The first-order valence-electron chi connectivity index (χ1n) is 6.24. The van der Waals surface area contributed by atoms with Crippen molar-refractivity contribution in [2.75, 3.05) is 39.6 Å². The summed E-state index contributed by atoms with van der Waals surface area (Å²) in [5.74, 6) is 2.16. The highest BCUT2D eigenvalue weighted by atomic mass is 79.9. The molecule has 6 heteroatoms. The zero-order chi connectivity index (χ0) is 13.1. The Hall–Kier alpha value is -0.980. The van der Waals surface area contributed by atoms with Gasteiger partial charge in [0, 0.05) is 6.07 Å². The molecule has 1 aromatic carbocycles. The molecule has 0 bridgehead atoms. The van der Waals surface area contributed by atoms with Crippen molar-refractivity contribution in [2.24, 2.45) is 0 Å². The molecule has 1 saturated heterocycles. The molecule has 19 heavy (non-hydrogen) atoms. The normalized spacial score (nSPS) is 22.1. The van der Waals surface area contributed by atoms with E-state index in [2.05, 4.69) is 15.9 Å². The van der Waals surface area contributed by atoms with Crippen LogP contribution in [0.3, 0.4) is 0 Å². The van der Waals surface area contributed by atoms with Gasteiger partial charge >= 0.3 is 0 Å². The molecule has 0 N–H and O–H groups in total. The third kappa shape index (κ3) is 3.13. The second-order valence-corrected chi connectivity index (χ2v) is 5.16. The van der Waals surface area contributed by atoms with Gasteiger partial charge in [-0.25, -0.2) is 0 Å². The average Bonchev–Trinajstić information content (AvgIpc) is 2.46. The van der Waals surface area contributed by atoms with Gasteiger partial charge in [-0.2, -0.15) is 0 Å². The number of rotatable bonds is 3. The molecular formula is C13H15BrO5. The van der Waals surface area contributed by atoms with Crippen LogP contribution in [0.5, 0.6) is 17.2 Å². The molecule has 0 amide bonds. The van der Waals surface area contributed by atoms with E-state index in [0.717, 1.165) is 16.0 Å². The van der Waals surface area contributed by atoms with Crippen molar-refractivity contribution in [2.45, 2.75) is 6.10 Å². The fourth-order valence-electron chi connectivity index (χ4n) is 1.99. The summed E-state index contributed by atoms with van der Waals surface area (Å²) in [5.41, 5.74) is 0. The van der Waals surface area contributed by atoms with Crippen LogP contribution >= 0.6 is 15.9 Å². The molecule has 1 aromatic rings. The van der Waals surface area contributed by atoms with Gasteiger partial charge in [-0.15, -0.1) is 0 Å². The zero-order valence-electron chi connectivity index (χ0n) is 10.4. The van der Waals surface area contributed by atoms with E-state index >= 15 is 0 Å². The first-order chi connectivity index (χ1) is 9.33. The highest BCUT2D eigenvalue weighted by molar-refractivity contribution is 9.10. The predicted molar refractivity (Wildman–Crippen MR) is 71.2 cm³/mol.